The molecular formula is C25H27BF2N4O5. The van der Waals surface area contributed by atoms with Crippen molar-refractivity contribution in [3.8, 4) is 5.69 Å². The van der Waals surface area contributed by atoms with Crippen LogP contribution >= 0.6 is 0 Å². The number of aromatic nitrogens is 1. The third-order valence-corrected chi connectivity index (χ3v) is 7.20. The minimum absolute atomic E-state index is 0.128. The molecule has 0 bridgehead atoms. The maximum atomic E-state index is 15.5. The van der Waals surface area contributed by atoms with Gasteiger partial charge in [-0.25, -0.2) is 13.6 Å². The maximum absolute atomic E-state index is 15.5. The van der Waals surface area contributed by atoms with Crippen molar-refractivity contribution in [2.75, 3.05) is 36.9 Å². The first-order valence-corrected chi connectivity index (χ1v) is 12.1. The summed E-state index contributed by atoms with van der Waals surface area (Å²) in [5.41, 5.74) is 5.43. The van der Waals surface area contributed by atoms with Gasteiger partial charge in [0.1, 0.15) is 25.0 Å². The molecule has 37 heavy (non-hydrogen) atoms. The Bertz CT molecular complexity index is 1450. The molecule has 0 amide bonds. The number of pyridine rings is 1. The normalized spacial score (nSPS) is 16.8. The Hall–Kier alpha value is -3.48. The van der Waals surface area contributed by atoms with Crippen LogP contribution < -0.4 is 26.8 Å². The second kappa shape index (κ2) is 9.77. The van der Waals surface area contributed by atoms with E-state index >= 15 is 4.39 Å². The Kier molecular flexibility index (Phi) is 6.65. The monoisotopic (exact) mass is 512 g/mol. The van der Waals surface area contributed by atoms with Gasteiger partial charge < -0.3 is 35.5 Å². The number of carbonyl (C=O) groups is 1. The van der Waals surface area contributed by atoms with Crippen molar-refractivity contribution in [2.45, 2.75) is 31.5 Å². The van der Waals surface area contributed by atoms with E-state index < -0.39 is 35.2 Å². The minimum Gasteiger partial charge on any atom is -0.477 e. The van der Waals surface area contributed by atoms with Gasteiger partial charge in [-0.3, -0.25) is 4.79 Å². The van der Waals surface area contributed by atoms with Crippen LogP contribution in [0.25, 0.3) is 16.6 Å². The zero-order valence-corrected chi connectivity index (χ0v) is 20.3. The van der Waals surface area contributed by atoms with Crippen LogP contribution in [0.4, 0.5) is 20.2 Å². The van der Waals surface area contributed by atoms with Crippen molar-refractivity contribution in [1.29, 1.82) is 0 Å². The Morgan fingerprint density at radius 1 is 1.16 bits per heavy atom. The Morgan fingerprint density at radius 3 is 2.51 bits per heavy atom. The zero-order valence-electron chi connectivity index (χ0n) is 20.3. The van der Waals surface area contributed by atoms with E-state index in [9.17, 15) is 24.2 Å². The molecule has 0 radical (unpaired) electrons. The van der Waals surface area contributed by atoms with Gasteiger partial charge in [-0.1, -0.05) is 0 Å². The number of fused-ring (bicyclic) bond motifs is 1. The van der Waals surface area contributed by atoms with E-state index in [0.29, 0.717) is 43.5 Å². The van der Waals surface area contributed by atoms with Gasteiger partial charge in [0.2, 0.25) is 5.43 Å². The van der Waals surface area contributed by atoms with Crippen molar-refractivity contribution in [1.82, 2.24) is 9.88 Å². The number of aliphatic hydroxyl groups excluding tert-OH is 1. The van der Waals surface area contributed by atoms with Crippen molar-refractivity contribution < 1.29 is 28.5 Å². The first-order valence-electron chi connectivity index (χ1n) is 12.1. The van der Waals surface area contributed by atoms with E-state index in [2.05, 4.69) is 5.32 Å². The lowest BCUT2D eigenvalue weighted by Crippen LogP contribution is -2.62. The molecule has 2 aliphatic rings. The van der Waals surface area contributed by atoms with Crippen molar-refractivity contribution >= 4 is 41.6 Å². The highest BCUT2D eigenvalue weighted by molar-refractivity contribution is 6.42. The summed E-state index contributed by atoms with van der Waals surface area (Å²) in [5.74, 6) is -2.88. The molecule has 9 nitrogen and oxygen atoms in total. The lowest BCUT2D eigenvalue weighted by Gasteiger charge is -2.44. The molecule has 3 aromatic rings. The molecule has 12 heteroatoms. The van der Waals surface area contributed by atoms with Crippen LogP contribution in [0, 0.1) is 11.6 Å². The Balaban J connectivity index is 1.63. The lowest BCUT2D eigenvalue weighted by molar-refractivity contribution is 0.0694. The molecule has 5 N–H and O–H groups in total. The molecule has 2 aliphatic heterocycles. The summed E-state index contributed by atoms with van der Waals surface area (Å²) in [6, 6.07) is 3.89. The molecule has 0 aliphatic carbocycles. The average molecular weight is 512 g/mol. The Labute approximate surface area is 211 Å². The van der Waals surface area contributed by atoms with Crippen LogP contribution in [0.15, 0.2) is 29.2 Å². The number of halogens is 2. The molecule has 2 saturated heterocycles. The first kappa shape index (κ1) is 25.2. The largest absolute Gasteiger partial charge is 0.477 e. The first-order chi connectivity index (χ1) is 17.7. The van der Waals surface area contributed by atoms with E-state index in [4.69, 9.17) is 10.5 Å². The van der Waals surface area contributed by atoms with Crippen LogP contribution in [0.3, 0.4) is 0 Å². The number of carboxylic acids is 1. The standard InChI is InChI=1S/C25H27BF2N4O5/c26-21-22-15(6-18(28)23(21)31-8-14(9-31)30-13-1-3-37-4-2-13)24(34)16(25(35)36)10-32(22)20-7-19(29)17(27)5-12(20)11-33/h5-7,10,13-14,30,33H,1-4,8-9,11,26,29H2,(H,35,36). The van der Waals surface area contributed by atoms with E-state index in [1.807, 2.05) is 4.90 Å². The summed E-state index contributed by atoms with van der Waals surface area (Å²) in [4.78, 5) is 26.8. The molecule has 1 aromatic heterocycles. The number of hydrogen-bond acceptors (Lipinski definition) is 7. The van der Waals surface area contributed by atoms with E-state index in [-0.39, 0.29) is 33.9 Å². The van der Waals surface area contributed by atoms with E-state index in [0.717, 1.165) is 31.2 Å². The number of nitrogen functional groups attached to an aromatic ring is 1. The van der Waals surface area contributed by atoms with Crippen molar-refractivity contribution in [3.63, 3.8) is 0 Å². The van der Waals surface area contributed by atoms with Gasteiger partial charge in [0.15, 0.2) is 0 Å². The maximum Gasteiger partial charge on any atom is 0.341 e. The predicted molar refractivity (Wildman–Crippen MR) is 138 cm³/mol. The SMILES string of the molecule is Bc1c(N2CC(NC3CCOCC3)C2)c(F)cc2c(=O)c(C(=O)O)cn(-c3cc(N)c(F)cc3CO)c12. The highest BCUT2D eigenvalue weighted by atomic mass is 19.1. The van der Waals surface area contributed by atoms with Crippen LogP contribution in [-0.4, -0.2) is 67.0 Å². The van der Waals surface area contributed by atoms with Gasteiger partial charge in [0, 0.05) is 55.5 Å². The highest BCUT2D eigenvalue weighted by Gasteiger charge is 2.33. The average Bonchev–Trinajstić information content (AvgIpc) is 2.84. The van der Waals surface area contributed by atoms with Crippen LogP contribution in [0.2, 0.25) is 0 Å². The number of rotatable bonds is 6. The van der Waals surface area contributed by atoms with Crippen LogP contribution in [-0.2, 0) is 11.3 Å². The minimum atomic E-state index is -1.49. The molecule has 2 aromatic carbocycles. The summed E-state index contributed by atoms with van der Waals surface area (Å²) in [6.07, 6.45) is 2.96. The number of hydrogen-bond donors (Lipinski definition) is 4. The van der Waals surface area contributed by atoms with Crippen LogP contribution in [0.1, 0.15) is 28.8 Å². The molecule has 0 unspecified atom stereocenters. The number of anilines is 2. The number of benzene rings is 2. The fraction of sp³-hybridized carbons (Fsp3) is 0.360. The Morgan fingerprint density at radius 2 is 1.86 bits per heavy atom. The third kappa shape index (κ3) is 4.45. The molecule has 0 saturated carbocycles. The summed E-state index contributed by atoms with van der Waals surface area (Å²) in [7, 11) is 1.65. The van der Waals surface area contributed by atoms with Gasteiger partial charge in [0.25, 0.3) is 0 Å². The fourth-order valence-corrected chi connectivity index (χ4v) is 5.30. The molecule has 194 valence electrons. The number of nitrogens with two attached hydrogens (primary N) is 1. The number of carboxylic acid groups (broad SMARTS) is 1. The summed E-state index contributed by atoms with van der Waals surface area (Å²) in [6.45, 7) is 1.98. The molecule has 3 heterocycles. The van der Waals surface area contributed by atoms with E-state index in [1.54, 1.807) is 7.85 Å². The molecular weight excluding hydrogens is 485 g/mol. The molecule has 2 fully saturated rings. The van der Waals surface area contributed by atoms with Crippen molar-refractivity contribution in [2.24, 2.45) is 0 Å². The van der Waals surface area contributed by atoms with Gasteiger partial charge in [-0.15, -0.1) is 0 Å². The van der Waals surface area contributed by atoms with E-state index in [1.165, 1.54) is 10.6 Å². The number of aliphatic hydroxyl groups is 1. The number of nitrogens with one attached hydrogen (secondary N) is 1. The lowest BCUT2D eigenvalue weighted by atomic mass is 9.87. The van der Waals surface area contributed by atoms with Gasteiger partial charge in [0.05, 0.1) is 29.2 Å². The second-order valence-electron chi connectivity index (χ2n) is 9.59. The quantitative estimate of drug-likeness (QED) is 0.274. The van der Waals surface area contributed by atoms with Crippen molar-refractivity contribution in [3.05, 3.63) is 57.4 Å². The number of nitrogens with zero attached hydrogens (tertiary/aromatic N) is 2. The van der Waals surface area contributed by atoms with Gasteiger partial charge >= 0.3 is 5.97 Å². The smallest absolute Gasteiger partial charge is 0.341 e. The summed E-state index contributed by atoms with van der Waals surface area (Å²) in [5, 5.41) is 23.0. The second-order valence-corrected chi connectivity index (χ2v) is 9.59. The molecule has 5 rings (SSSR count). The fourth-order valence-electron chi connectivity index (χ4n) is 5.30. The summed E-state index contributed by atoms with van der Waals surface area (Å²) >= 11 is 0. The summed E-state index contributed by atoms with van der Waals surface area (Å²) < 4.78 is 36.4. The van der Waals surface area contributed by atoms with Crippen LogP contribution in [0.5, 0.6) is 0 Å². The molecule has 0 spiro atoms. The zero-order chi connectivity index (χ0) is 26.4. The predicted octanol–water partition coefficient (Wildman–Crippen LogP) is 0.257. The number of aromatic carboxylic acids is 1. The third-order valence-electron chi connectivity index (χ3n) is 7.20. The van der Waals surface area contributed by atoms with Gasteiger partial charge in [-0.05, 0) is 36.5 Å². The topological polar surface area (TPSA) is 130 Å². The number of ether oxygens (including phenoxy) is 1. The van der Waals surface area contributed by atoms with Gasteiger partial charge in [-0.2, -0.15) is 0 Å². The highest BCUT2D eigenvalue weighted by Crippen LogP contribution is 2.30. The molecule has 0 atom stereocenters.